The maximum atomic E-state index is 12.9. The van der Waals surface area contributed by atoms with Crippen LogP contribution < -0.4 is 15.6 Å². The van der Waals surface area contributed by atoms with E-state index in [1.165, 1.54) is 23.8 Å². The highest BCUT2D eigenvalue weighted by Gasteiger charge is 2.54. The van der Waals surface area contributed by atoms with E-state index in [-0.39, 0.29) is 35.5 Å². The minimum absolute atomic E-state index is 0.0422. The van der Waals surface area contributed by atoms with Crippen molar-refractivity contribution in [3.8, 4) is 0 Å². The van der Waals surface area contributed by atoms with Gasteiger partial charge in [-0.05, 0) is 5.56 Å². The van der Waals surface area contributed by atoms with Crippen molar-refractivity contribution in [3.63, 3.8) is 0 Å². The number of β-lactam (4-membered cyclic amide) rings is 1. The van der Waals surface area contributed by atoms with Crippen LogP contribution in [0.5, 0.6) is 0 Å². The van der Waals surface area contributed by atoms with Gasteiger partial charge < -0.3 is 26.1 Å². The van der Waals surface area contributed by atoms with Crippen molar-refractivity contribution >= 4 is 51.9 Å². The molecule has 5 N–H and O–H groups in total. The Morgan fingerprint density at radius 2 is 2.15 bits per heavy atom. The zero-order valence-corrected chi connectivity index (χ0v) is 19.4. The van der Waals surface area contributed by atoms with E-state index in [0.29, 0.717) is 11.3 Å². The molecule has 1 unspecified atom stereocenters. The normalized spacial score (nSPS) is 20.0. The summed E-state index contributed by atoms with van der Waals surface area (Å²) < 4.78 is 5.70. The summed E-state index contributed by atoms with van der Waals surface area (Å²) in [6.45, 7) is 0.162. The predicted molar refractivity (Wildman–Crippen MR) is 120 cm³/mol. The summed E-state index contributed by atoms with van der Waals surface area (Å²) >= 11 is 2.22. The first kappa shape index (κ1) is 23.6. The molecule has 2 aromatic heterocycles. The van der Waals surface area contributed by atoms with Gasteiger partial charge in [0.2, 0.25) is 11.5 Å². The van der Waals surface area contributed by atoms with E-state index in [1.807, 2.05) is 0 Å². The number of nitrogen functional groups attached to an aromatic ring is 1. The first-order valence-corrected chi connectivity index (χ1v) is 11.7. The van der Waals surface area contributed by atoms with Gasteiger partial charge in [-0.1, -0.05) is 5.16 Å². The number of thioether (sulfide) groups is 1. The molecule has 15 heteroatoms. The van der Waals surface area contributed by atoms with E-state index in [4.69, 9.17) is 10.6 Å². The number of amides is 2. The molecule has 1 saturated heterocycles. The lowest BCUT2D eigenvalue weighted by atomic mass is 10.0. The summed E-state index contributed by atoms with van der Waals surface area (Å²) in [5.74, 6) is -2.22. The number of aliphatic hydroxyl groups excluding tert-OH is 1. The Hall–Kier alpha value is -3.56. The molecule has 0 spiro atoms. The summed E-state index contributed by atoms with van der Waals surface area (Å²) in [7, 11) is 1.25. The molecule has 4 heterocycles. The zero-order valence-electron chi connectivity index (χ0n) is 17.7. The lowest BCUT2D eigenvalue weighted by Crippen LogP contribution is -2.71. The molecule has 0 bridgehead atoms. The van der Waals surface area contributed by atoms with Crippen molar-refractivity contribution in [1.82, 2.24) is 19.6 Å². The molecule has 0 radical (unpaired) electrons. The number of carbonyl (C=O) groups is 3. The fourth-order valence-corrected chi connectivity index (χ4v) is 5.31. The number of fused-ring (bicyclic) bond motifs is 1. The number of anilines is 1. The number of carboxylic acid groups (broad SMARTS) is 1. The fourth-order valence-electron chi connectivity index (χ4n) is 3.54. The van der Waals surface area contributed by atoms with Crippen LogP contribution >= 0.6 is 23.3 Å². The van der Waals surface area contributed by atoms with Crippen LogP contribution in [0.1, 0.15) is 11.4 Å². The summed E-state index contributed by atoms with van der Waals surface area (Å²) in [6, 6.07) is 2.50. The lowest BCUT2D eigenvalue weighted by molar-refractivity contribution is -0.689. The molecule has 2 aliphatic rings. The van der Waals surface area contributed by atoms with Crippen LogP contribution in [0.4, 0.5) is 5.13 Å². The molecule has 2 aliphatic heterocycles. The van der Waals surface area contributed by atoms with Crippen LogP contribution in [0.25, 0.3) is 0 Å². The summed E-state index contributed by atoms with van der Waals surface area (Å²) in [5.41, 5.74) is 6.50. The third kappa shape index (κ3) is 4.44. The number of rotatable bonds is 8. The van der Waals surface area contributed by atoms with E-state index in [2.05, 4.69) is 19.8 Å². The molecule has 0 saturated carbocycles. The van der Waals surface area contributed by atoms with E-state index < -0.39 is 29.2 Å². The van der Waals surface area contributed by atoms with Crippen LogP contribution in [0.15, 0.2) is 41.0 Å². The molecule has 2 amide bonds. The SMILES string of the molecule is CO/N=C(/C(=O)NC1C(=O)N2C(C(=O)O)=C(C[n+]3ccc(CO)cc3)CS[C@H]12)c1nsc(N)n1. The van der Waals surface area contributed by atoms with Crippen molar-refractivity contribution in [2.45, 2.75) is 24.6 Å². The van der Waals surface area contributed by atoms with Crippen molar-refractivity contribution < 1.29 is 34.0 Å². The number of oxime groups is 1. The number of hydrogen-bond acceptors (Lipinski definition) is 11. The summed E-state index contributed by atoms with van der Waals surface area (Å²) in [6.07, 6.45) is 3.46. The highest BCUT2D eigenvalue weighted by Crippen LogP contribution is 2.40. The Morgan fingerprint density at radius 3 is 2.74 bits per heavy atom. The van der Waals surface area contributed by atoms with E-state index in [0.717, 1.165) is 17.1 Å². The summed E-state index contributed by atoms with van der Waals surface area (Å²) in [5, 5.41) is 24.8. The van der Waals surface area contributed by atoms with Crippen molar-refractivity contribution in [3.05, 3.63) is 47.2 Å². The van der Waals surface area contributed by atoms with Gasteiger partial charge in [-0.15, -0.1) is 11.8 Å². The number of carbonyl (C=O) groups excluding carboxylic acids is 2. The van der Waals surface area contributed by atoms with Crippen molar-refractivity contribution in [2.75, 3.05) is 18.6 Å². The van der Waals surface area contributed by atoms with Gasteiger partial charge in [0.05, 0.1) is 6.61 Å². The minimum atomic E-state index is -1.23. The molecule has 2 atom stereocenters. The maximum absolute atomic E-state index is 12.9. The van der Waals surface area contributed by atoms with E-state index in [9.17, 15) is 24.6 Å². The van der Waals surface area contributed by atoms with Crippen molar-refractivity contribution in [2.24, 2.45) is 5.16 Å². The van der Waals surface area contributed by atoms with Crippen molar-refractivity contribution in [1.29, 1.82) is 0 Å². The Bertz CT molecular complexity index is 1200. The lowest BCUT2D eigenvalue weighted by Gasteiger charge is -2.49. The fraction of sp³-hybridized carbons (Fsp3) is 0.316. The quantitative estimate of drug-likeness (QED) is 0.145. The molecular weight excluding hydrogens is 486 g/mol. The molecule has 0 aromatic carbocycles. The van der Waals surface area contributed by atoms with Gasteiger partial charge in [0, 0.05) is 35.0 Å². The Labute approximate surface area is 201 Å². The number of carboxylic acids is 1. The van der Waals surface area contributed by atoms with Gasteiger partial charge >= 0.3 is 5.97 Å². The highest BCUT2D eigenvalue weighted by molar-refractivity contribution is 8.00. The van der Waals surface area contributed by atoms with Gasteiger partial charge in [-0.2, -0.15) is 9.36 Å². The summed E-state index contributed by atoms with van der Waals surface area (Å²) in [4.78, 5) is 47.5. The number of nitrogens with one attached hydrogen (secondary N) is 1. The maximum Gasteiger partial charge on any atom is 0.352 e. The Morgan fingerprint density at radius 1 is 1.41 bits per heavy atom. The number of aromatic nitrogens is 3. The molecular formula is C19H20N7O6S2+. The Balaban J connectivity index is 1.52. The topological polar surface area (TPSA) is 184 Å². The average Bonchev–Trinajstić information content (AvgIpc) is 3.26. The van der Waals surface area contributed by atoms with Crippen LogP contribution in [-0.2, 0) is 32.4 Å². The minimum Gasteiger partial charge on any atom is -0.477 e. The number of nitrogens with zero attached hydrogens (tertiary/aromatic N) is 5. The molecule has 1 fully saturated rings. The Kier molecular flexibility index (Phi) is 6.76. The smallest absolute Gasteiger partial charge is 0.352 e. The van der Waals surface area contributed by atoms with Crippen LogP contribution in [0.2, 0.25) is 0 Å². The number of aliphatic carboxylic acids is 1. The number of nitrogens with two attached hydrogens (primary N) is 1. The van der Waals surface area contributed by atoms with Crippen LogP contribution in [0, 0.1) is 0 Å². The molecule has 2 aromatic rings. The van der Waals surface area contributed by atoms with Gasteiger partial charge in [0.1, 0.15) is 24.2 Å². The number of aliphatic hydroxyl groups is 1. The second-order valence-electron chi connectivity index (χ2n) is 7.23. The van der Waals surface area contributed by atoms with Gasteiger partial charge in [-0.3, -0.25) is 14.5 Å². The molecule has 34 heavy (non-hydrogen) atoms. The highest BCUT2D eigenvalue weighted by atomic mass is 32.2. The predicted octanol–water partition coefficient (Wildman–Crippen LogP) is -1.31. The third-order valence-corrected chi connectivity index (χ3v) is 6.99. The van der Waals surface area contributed by atoms with Gasteiger partial charge in [0.15, 0.2) is 24.1 Å². The molecule has 4 rings (SSSR count). The third-order valence-electron chi connectivity index (χ3n) is 5.10. The largest absolute Gasteiger partial charge is 0.477 e. The second kappa shape index (κ2) is 9.74. The van der Waals surface area contributed by atoms with Gasteiger partial charge in [-0.25, -0.2) is 9.36 Å². The second-order valence-corrected chi connectivity index (χ2v) is 9.12. The monoisotopic (exact) mass is 506 g/mol. The van der Waals surface area contributed by atoms with Gasteiger partial charge in [0.25, 0.3) is 11.8 Å². The average molecular weight is 507 g/mol. The first-order valence-electron chi connectivity index (χ1n) is 9.84. The van der Waals surface area contributed by atoms with Crippen LogP contribution in [-0.4, -0.2) is 72.2 Å². The molecule has 13 nitrogen and oxygen atoms in total. The number of pyridine rings is 1. The van der Waals surface area contributed by atoms with E-state index >= 15 is 0 Å². The first-order chi connectivity index (χ1) is 16.3. The van der Waals surface area contributed by atoms with E-state index in [1.54, 1.807) is 29.1 Å². The standard InChI is InChI=1S/C19H19N7O6S2/c1-32-23-11(14-22-19(20)34-24-14)15(28)21-12-16(29)26-13(18(30)31)10(8-33-17(12)26)6-25-4-2-9(7-27)3-5-25/h2-5,12,17,27H,6-8H2,1H3,(H3-,20,21,22,24,28,30,31)/p+1/b23-11+/t12?,17-/m1/s1. The zero-order chi connectivity index (χ0) is 24.4. The molecule has 178 valence electrons. The number of hydrogen-bond donors (Lipinski definition) is 4. The molecule has 0 aliphatic carbocycles. The van der Waals surface area contributed by atoms with Crippen LogP contribution in [0.3, 0.4) is 0 Å².